The Labute approximate surface area is 230 Å². The number of hydroxylamine groups is 2. The normalized spacial score (nSPS) is 13.4. The van der Waals surface area contributed by atoms with Gasteiger partial charge in [-0.2, -0.15) is 10.0 Å². The Hall–Kier alpha value is -5.03. The van der Waals surface area contributed by atoms with Gasteiger partial charge >= 0.3 is 11.9 Å². The summed E-state index contributed by atoms with van der Waals surface area (Å²) in [5.41, 5.74) is 6.47. The van der Waals surface area contributed by atoms with Gasteiger partial charge in [0.05, 0.1) is 18.4 Å². The number of thiocarbonyl (C=S) groups is 1. The molecule has 8 N–H and O–H groups in total. The van der Waals surface area contributed by atoms with Gasteiger partial charge < -0.3 is 26.6 Å². The second-order valence-electron chi connectivity index (χ2n) is 8.31. The maximum atomic E-state index is 12.3. The number of carbonyl (C=O) groups is 4. The van der Waals surface area contributed by atoms with E-state index in [4.69, 9.17) is 21.2 Å². The highest BCUT2D eigenvalue weighted by Crippen LogP contribution is 2.12. The lowest BCUT2D eigenvalue weighted by Gasteiger charge is -2.14. The maximum Gasteiger partial charge on any atom is 0.326 e. The smallest absolute Gasteiger partial charge is 0.326 e. The Kier molecular flexibility index (Phi) is 9.71. The summed E-state index contributed by atoms with van der Waals surface area (Å²) >= 11 is 4.57. The van der Waals surface area contributed by atoms with Crippen LogP contribution in [0.3, 0.4) is 0 Å². The Balaban J connectivity index is 0.000000472. The molecule has 2 aromatic heterocycles. The number of nitrogens with zero attached hydrogens (tertiary/aromatic N) is 4. The van der Waals surface area contributed by atoms with Gasteiger partial charge in [-0.25, -0.2) is 14.8 Å². The minimum atomic E-state index is -1.31. The lowest BCUT2D eigenvalue weighted by Crippen LogP contribution is -2.41. The van der Waals surface area contributed by atoms with E-state index in [1.54, 1.807) is 12.1 Å². The molecule has 0 saturated carbocycles. The number of rotatable bonds is 9. The third kappa shape index (κ3) is 7.98. The number of nitrogens with two attached hydrogens (primary N) is 1. The third-order valence-corrected chi connectivity index (χ3v) is 5.76. The SMILES string of the molecule is Nc1nc2ncc(CNc3ccc(C(=O)NC(CCC(=O)O)C(=O)O)cc3)nc2c(=O)[nH]1.O=C1CCC(=S)N1O. The molecule has 1 aromatic carbocycles. The van der Waals surface area contributed by atoms with Crippen molar-refractivity contribution in [2.45, 2.75) is 38.3 Å². The Morgan fingerprint density at radius 3 is 2.38 bits per heavy atom. The fraction of sp³-hybridized carbons (Fsp3) is 0.261. The topological polar surface area (TPSA) is 254 Å². The van der Waals surface area contributed by atoms with Crippen molar-refractivity contribution < 1.29 is 34.6 Å². The number of amides is 2. The standard InChI is InChI=1S/C19H19N7O6.C4H5NO2S/c20-19-25-15-14(17(30)26-19)23-11(8-22-15)7-21-10-3-1-9(2-4-10)16(29)24-12(18(31)32)5-6-13(27)28;6-3-1-2-4(8)5(3)7/h1-4,8,12,21H,5-7H2,(H,24,29)(H,27,28)(H,31,32)(H3,20,22,25,26,30);7H,1-2H2. The molecule has 1 saturated heterocycles. The first-order valence-corrected chi connectivity index (χ1v) is 12.0. The number of hydrogen-bond donors (Lipinski definition) is 7. The van der Waals surface area contributed by atoms with E-state index in [1.165, 1.54) is 18.3 Å². The van der Waals surface area contributed by atoms with Crippen LogP contribution in [-0.2, 0) is 20.9 Å². The Morgan fingerprint density at radius 1 is 1.12 bits per heavy atom. The van der Waals surface area contributed by atoms with Gasteiger partial charge in [0.1, 0.15) is 11.0 Å². The number of nitrogen functional groups attached to an aromatic ring is 1. The molecule has 1 atom stereocenters. The highest BCUT2D eigenvalue weighted by Gasteiger charge is 2.23. The van der Waals surface area contributed by atoms with Crippen LogP contribution in [0.2, 0.25) is 0 Å². The minimum absolute atomic E-state index is 0.0524. The molecule has 1 unspecified atom stereocenters. The quantitative estimate of drug-likeness (QED) is 0.134. The third-order valence-electron chi connectivity index (χ3n) is 5.38. The van der Waals surface area contributed by atoms with Gasteiger partial charge in [-0.15, -0.1) is 0 Å². The molecular formula is C23H24N8O8S. The molecule has 40 heavy (non-hydrogen) atoms. The molecule has 210 valence electrons. The summed E-state index contributed by atoms with van der Waals surface area (Å²) in [5.74, 6) is -3.45. The van der Waals surface area contributed by atoms with Gasteiger partial charge in [-0.3, -0.25) is 29.4 Å². The molecule has 16 nitrogen and oxygen atoms in total. The van der Waals surface area contributed by atoms with E-state index < -0.39 is 29.4 Å². The summed E-state index contributed by atoms with van der Waals surface area (Å²) in [6.07, 6.45) is 1.72. The van der Waals surface area contributed by atoms with E-state index >= 15 is 0 Å². The molecular weight excluding hydrogens is 548 g/mol. The number of carboxylic acid groups (broad SMARTS) is 2. The van der Waals surface area contributed by atoms with Crippen molar-refractivity contribution in [2.24, 2.45) is 0 Å². The number of H-pyrrole nitrogens is 1. The molecule has 3 aromatic rings. The fourth-order valence-electron chi connectivity index (χ4n) is 3.32. The number of nitrogens with one attached hydrogen (secondary N) is 3. The molecule has 0 aliphatic carbocycles. The largest absolute Gasteiger partial charge is 0.481 e. The number of aromatic amines is 1. The van der Waals surface area contributed by atoms with Crippen molar-refractivity contribution in [3.63, 3.8) is 0 Å². The number of aromatic nitrogens is 4. The molecule has 1 aliphatic heterocycles. The van der Waals surface area contributed by atoms with Crippen molar-refractivity contribution in [3.8, 4) is 0 Å². The second-order valence-corrected chi connectivity index (χ2v) is 8.78. The maximum absolute atomic E-state index is 12.3. The Bertz CT molecular complexity index is 1490. The zero-order valence-corrected chi connectivity index (χ0v) is 21.5. The van der Waals surface area contributed by atoms with Crippen LogP contribution < -0.4 is 21.9 Å². The van der Waals surface area contributed by atoms with Crippen LogP contribution in [0.5, 0.6) is 0 Å². The van der Waals surface area contributed by atoms with E-state index in [0.29, 0.717) is 34.3 Å². The predicted octanol–water partition coefficient (Wildman–Crippen LogP) is 0.281. The summed E-state index contributed by atoms with van der Waals surface area (Å²) in [4.78, 5) is 71.3. The van der Waals surface area contributed by atoms with E-state index in [0.717, 1.165) is 0 Å². The summed E-state index contributed by atoms with van der Waals surface area (Å²) in [6, 6.07) is 4.86. The molecule has 1 aliphatic rings. The van der Waals surface area contributed by atoms with Gasteiger partial charge in [0.25, 0.3) is 17.4 Å². The lowest BCUT2D eigenvalue weighted by molar-refractivity contribution is -0.145. The predicted molar refractivity (Wildman–Crippen MR) is 142 cm³/mol. The zero-order chi connectivity index (χ0) is 29.4. The van der Waals surface area contributed by atoms with Crippen molar-refractivity contribution in [3.05, 3.63) is 52.1 Å². The van der Waals surface area contributed by atoms with Gasteiger partial charge in [0, 0.05) is 30.5 Å². The molecule has 2 amide bonds. The number of hydrogen-bond acceptors (Lipinski definition) is 12. The van der Waals surface area contributed by atoms with Gasteiger partial charge in [0.15, 0.2) is 11.2 Å². The Morgan fingerprint density at radius 2 is 1.82 bits per heavy atom. The van der Waals surface area contributed by atoms with Crippen molar-refractivity contribution >= 4 is 63.8 Å². The number of benzene rings is 1. The van der Waals surface area contributed by atoms with E-state index in [1.807, 2.05) is 0 Å². The molecule has 0 radical (unpaired) electrons. The summed E-state index contributed by atoms with van der Waals surface area (Å²) in [6.45, 7) is 0.231. The molecule has 0 bridgehead atoms. The molecule has 4 rings (SSSR count). The van der Waals surface area contributed by atoms with Crippen molar-refractivity contribution in [2.75, 3.05) is 11.1 Å². The molecule has 17 heteroatoms. The molecule has 3 heterocycles. The average Bonchev–Trinajstić information content (AvgIpc) is 3.21. The van der Waals surface area contributed by atoms with Gasteiger partial charge in [0.2, 0.25) is 5.95 Å². The van der Waals surface area contributed by atoms with Crippen molar-refractivity contribution in [1.29, 1.82) is 0 Å². The summed E-state index contributed by atoms with van der Waals surface area (Å²) in [7, 11) is 0. The second kappa shape index (κ2) is 13.2. The highest BCUT2D eigenvalue weighted by molar-refractivity contribution is 7.80. The van der Waals surface area contributed by atoms with E-state index in [2.05, 4.69) is 42.8 Å². The van der Waals surface area contributed by atoms with E-state index in [-0.39, 0.29) is 48.0 Å². The summed E-state index contributed by atoms with van der Waals surface area (Å²) < 4.78 is 0. The monoisotopic (exact) mass is 572 g/mol. The molecule has 0 spiro atoms. The van der Waals surface area contributed by atoms with Crippen LogP contribution >= 0.6 is 12.2 Å². The minimum Gasteiger partial charge on any atom is -0.481 e. The van der Waals surface area contributed by atoms with Crippen LogP contribution in [0, 0.1) is 0 Å². The molecule has 1 fully saturated rings. The van der Waals surface area contributed by atoms with Crippen molar-refractivity contribution in [1.82, 2.24) is 30.3 Å². The average molecular weight is 573 g/mol. The number of anilines is 2. The van der Waals surface area contributed by atoms with Crippen LogP contribution in [0.4, 0.5) is 11.6 Å². The van der Waals surface area contributed by atoms with E-state index in [9.17, 15) is 24.0 Å². The first-order chi connectivity index (χ1) is 18.9. The van der Waals surface area contributed by atoms with Gasteiger partial charge in [-0.1, -0.05) is 12.2 Å². The van der Waals surface area contributed by atoms with Crippen LogP contribution in [-0.4, -0.2) is 75.2 Å². The first-order valence-electron chi connectivity index (χ1n) is 11.6. The van der Waals surface area contributed by atoms with Gasteiger partial charge in [-0.05, 0) is 30.7 Å². The lowest BCUT2D eigenvalue weighted by atomic mass is 10.1. The number of carbonyl (C=O) groups excluding carboxylic acids is 2. The number of aliphatic carboxylic acids is 2. The zero-order valence-electron chi connectivity index (χ0n) is 20.7. The van der Waals surface area contributed by atoms with Crippen LogP contribution in [0.15, 0.2) is 35.3 Å². The fourth-order valence-corrected chi connectivity index (χ4v) is 3.52. The number of fused-ring (bicyclic) bond motifs is 1. The number of carboxylic acids is 2. The first kappa shape index (κ1) is 29.5. The van der Waals surface area contributed by atoms with Crippen LogP contribution in [0.1, 0.15) is 41.7 Å². The highest BCUT2D eigenvalue weighted by atomic mass is 32.1. The summed E-state index contributed by atoms with van der Waals surface area (Å²) in [5, 5.41) is 32.3. The van der Waals surface area contributed by atoms with Crippen LogP contribution in [0.25, 0.3) is 11.2 Å².